The topological polar surface area (TPSA) is 20.5 Å². The van der Waals surface area contributed by atoms with Crippen LogP contribution in [-0.2, 0) is 0 Å². The Hall–Kier alpha value is -3.04. The van der Waals surface area contributed by atoms with Gasteiger partial charge in [-0.2, -0.15) is 0 Å². The molecule has 1 fully saturated rings. The Kier molecular flexibility index (Phi) is 5.52. The summed E-state index contributed by atoms with van der Waals surface area (Å²) in [6.07, 6.45) is 3.67. The SMILES string of the molecule is Cc1ccc2c(c1)cc(-c1ccccc1)n2C(=Nc1ccc(Cl)cc1)N1CCCCC1. The van der Waals surface area contributed by atoms with Crippen LogP contribution in [0, 0.1) is 6.92 Å². The van der Waals surface area contributed by atoms with Crippen molar-refractivity contribution in [1.82, 2.24) is 9.47 Å². The molecule has 31 heavy (non-hydrogen) atoms. The van der Waals surface area contributed by atoms with E-state index in [1.54, 1.807) is 0 Å². The molecule has 5 rings (SSSR count). The maximum atomic E-state index is 6.13. The molecule has 1 aliphatic rings. The van der Waals surface area contributed by atoms with E-state index in [9.17, 15) is 0 Å². The first kappa shape index (κ1) is 19.9. The number of hydrogen-bond donors (Lipinski definition) is 0. The molecule has 3 aromatic carbocycles. The van der Waals surface area contributed by atoms with Gasteiger partial charge in [-0.05, 0) is 74.2 Å². The summed E-state index contributed by atoms with van der Waals surface area (Å²) in [4.78, 5) is 7.61. The van der Waals surface area contributed by atoms with Crippen molar-refractivity contribution in [1.29, 1.82) is 0 Å². The van der Waals surface area contributed by atoms with E-state index in [0.717, 1.165) is 29.8 Å². The minimum absolute atomic E-state index is 0.727. The van der Waals surface area contributed by atoms with Gasteiger partial charge in [-0.25, -0.2) is 4.99 Å². The number of nitrogens with zero attached hydrogens (tertiary/aromatic N) is 3. The molecule has 0 radical (unpaired) electrons. The number of aromatic nitrogens is 1. The van der Waals surface area contributed by atoms with Crippen molar-refractivity contribution >= 4 is 34.2 Å². The van der Waals surface area contributed by atoms with Gasteiger partial charge in [-0.1, -0.05) is 53.6 Å². The molecule has 0 saturated carbocycles. The van der Waals surface area contributed by atoms with Gasteiger partial charge in [0.05, 0.1) is 16.9 Å². The summed E-state index contributed by atoms with van der Waals surface area (Å²) in [5, 5.41) is 1.96. The largest absolute Gasteiger partial charge is 0.342 e. The first-order chi connectivity index (χ1) is 15.2. The summed E-state index contributed by atoms with van der Waals surface area (Å²) >= 11 is 6.13. The van der Waals surface area contributed by atoms with Crippen molar-refractivity contribution < 1.29 is 0 Å². The molecule has 0 spiro atoms. The minimum Gasteiger partial charge on any atom is -0.342 e. The second kappa shape index (κ2) is 8.60. The average Bonchev–Trinajstić information content (AvgIpc) is 3.18. The molecule has 0 aliphatic carbocycles. The normalized spacial score (nSPS) is 14.9. The van der Waals surface area contributed by atoms with Crippen LogP contribution in [0.15, 0.2) is 83.9 Å². The lowest BCUT2D eigenvalue weighted by atomic mass is 10.1. The molecule has 4 heteroatoms. The summed E-state index contributed by atoms with van der Waals surface area (Å²) in [5.74, 6) is 0.986. The van der Waals surface area contributed by atoms with Gasteiger partial charge in [-0.3, -0.25) is 4.57 Å². The van der Waals surface area contributed by atoms with Gasteiger partial charge in [0.1, 0.15) is 0 Å². The van der Waals surface area contributed by atoms with Crippen molar-refractivity contribution in [3.05, 3.63) is 89.4 Å². The molecule has 2 heterocycles. The van der Waals surface area contributed by atoms with E-state index < -0.39 is 0 Å². The molecule has 1 aromatic heterocycles. The van der Waals surface area contributed by atoms with Crippen LogP contribution in [0.4, 0.5) is 5.69 Å². The van der Waals surface area contributed by atoms with Crippen molar-refractivity contribution in [3.63, 3.8) is 0 Å². The van der Waals surface area contributed by atoms with E-state index in [-0.39, 0.29) is 0 Å². The molecule has 1 saturated heterocycles. The summed E-state index contributed by atoms with van der Waals surface area (Å²) in [5.41, 5.74) is 5.72. The predicted molar refractivity (Wildman–Crippen MR) is 131 cm³/mol. The Morgan fingerprint density at radius 1 is 0.839 bits per heavy atom. The standard InChI is InChI=1S/C27H26ClN3/c1-20-10-15-25-22(18-20)19-26(21-8-4-2-5-9-21)31(25)27(30-16-6-3-7-17-30)29-24-13-11-23(28)12-14-24/h2,4-5,8-15,18-19H,3,6-7,16-17H2,1H3. The van der Waals surface area contributed by atoms with Crippen LogP contribution in [0.1, 0.15) is 24.8 Å². The predicted octanol–water partition coefficient (Wildman–Crippen LogP) is 7.29. The number of aryl methyl sites for hydroxylation is 1. The van der Waals surface area contributed by atoms with Gasteiger partial charge < -0.3 is 4.90 Å². The Morgan fingerprint density at radius 3 is 2.32 bits per heavy atom. The molecule has 0 atom stereocenters. The molecule has 0 N–H and O–H groups in total. The summed E-state index contributed by atoms with van der Waals surface area (Å²) < 4.78 is 2.34. The maximum Gasteiger partial charge on any atom is 0.211 e. The van der Waals surface area contributed by atoms with Gasteiger partial charge in [0.2, 0.25) is 5.96 Å². The van der Waals surface area contributed by atoms with Crippen LogP contribution in [0.5, 0.6) is 0 Å². The fraction of sp³-hybridized carbons (Fsp3) is 0.222. The third-order valence-corrected chi connectivity index (χ3v) is 6.17. The first-order valence-electron chi connectivity index (χ1n) is 11.0. The van der Waals surface area contributed by atoms with E-state index in [1.807, 2.05) is 24.3 Å². The molecule has 0 amide bonds. The zero-order valence-electron chi connectivity index (χ0n) is 17.8. The van der Waals surface area contributed by atoms with E-state index in [0.29, 0.717) is 0 Å². The highest BCUT2D eigenvalue weighted by atomic mass is 35.5. The first-order valence-corrected chi connectivity index (χ1v) is 11.3. The smallest absolute Gasteiger partial charge is 0.211 e. The van der Waals surface area contributed by atoms with Gasteiger partial charge in [0, 0.05) is 23.5 Å². The fourth-order valence-corrected chi connectivity index (χ4v) is 4.48. The summed E-state index contributed by atoms with van der Waals surface area (Å²) in [7, 11) is 0. The molecule has 4 aromatic rings. The third kappa shape index (κ3) is 4.11. The van der Waals surface area contributed by atoms with Crippen LogP contribution < -0.4 is 0 Å². The maximum absolute atomic E-state index is 6.13. The van der Waals surface area contributed by atoms with Crippen LogP contribution in [0.25, 0.3) is 22.2 Å². The third-order valence-electron chi connectivity index (χ3n) is 5.92. The number of rotatable bonds is 2. The number of fused-ring (bicyclic) bond motifs is 1. The fourth-order valence-electron chi connectivity index (χ4n) is 4.36. The van der Waals surface area contributed by atoms with Crippen LogP contribution in [-0.4, -0.2) is 28.5 Å². The number of likely N-dealkylation sites (tertiary alicyclic amines) is 1. The zero-order valence-corrected chi connectivity index (χ0v) is 18.5. The Balaban J connectivity index is 1.76. The monoisotopic (exact) mass is 427 g/mol. The highest BCUT2D eigenvalue weighted by molar-refractivity contribution is 6.30. The lowest BCUT2D eigenvalue weighted by Gasteiger charge is -2.31. The van der Waals surface area contributed by atoms with Gasteiger partial charge in [0.15, 0.2) is 0 Å². The molecule has 3 nitrogen and oxygen atoms in total. The number of piperidine rings is 1. The van der Waals surface area contributed by atoms with Crippen molar-refractivity contribution in [3.8, 4) is 11.3 Å². The molecule has 156 valence electrons. The van der Waals surface area contributed by atoms with Crippen LogP contribution in [0.2, 0.25) is 5.02 Å². The Labute approximate surface area is 188 Å². The highest BCUT2D eigenvalue weighted by Crippen LogP contribution is 2.31. The Morgan fingerprint density at radius 2 is 1.58 bits per heavy atom. The lowest BCUT2D eigenvalue weighted by molar-refractivity contribution is 0.335. The summed E-state index contributed by atoms with van der Waals surface area (Å²) in [6.45, 7) is 4.19. The molecule has 0 bridgehead atoms. The van der Waals surface area contributed by atoms with E-state index >= 15 is 0 Å². The second-order valence-electron chi connectivity index (χ2n) is 8.23. The number of benzene rings is 3. The van der Waals surface area contributed by atoms with E-state index in [2.05, 4.69) is 71.0 Å². The van der Waals surface area contributed by atoms with E-state index in [4.69, 9.17) is 16.6 Å². The van der Waals surface area contributed by atoms with Crippen LogP contribution in [0.3, 0.4) is 0 Å². The highest BCUT2D eigenvalue weighted by Gasteiger charge is 2.22. The Bertz CT molecular complexity index is 1220. The minimum atomic E-state index is 0.727. The van der Waals surface area contributed by atoms with Crippen LogP contribution >= 0.6 is 11.6 Å². The molecular weight excluding hydrogens is 402 g/mol. The molecule has 0 unspecified atom stereocenters. The number of halogens is 1. The summed E-state index contributed by atoms with van der Waals surface area (Å²) in [6, 6.07) is 27.4. The average molecular weight is 428 g/mol. The number of hydrogen-bond acceptors (Lipinski definition) is 1. The molecular formula is C27H26ClN3. The van der Waals surface area contributed by atoms with Gasteiger partial charge in [-0.15, -0.1) is 0 Å². The van der Waals surface area contributed by atoms with Crippen molar-refractivity contribution in [2.75, 3.05) is 13.1 Å². The van der Waals surface area contributed by atoms with Gasteiger partial charge >= 0.3 is 0 Å². The van der Waals surface area contributed by atoms with Gasteiger partial charge in [0.25, 0.3) is 0 Å². The lowest BCUT2D eigenvalue weighted by Crippen LogP contribution is -2.39. The zero-order chi connectivity index (χ0) is 21.2. The molecule has 1 aliphatic heterocycles. The number of aliphatic imine (C=N–C) groups is 1. The van der Waals surface area contributed by atoms with E-state index in [1.165, 1.54) is 47.0 Å². The quantitative estimate of drug-likeness (QED) is 0.243. The van der Waals surface area contributed by atoms with Crippen molar-refractivity contribution in [2.45, 2.75) is 26.2 Å². The second-order valence-corrected chi connectivity index (χ2v) is 8.67. The van der Waals surface area contributed by atoms with Crippen molar-refractivity contribution in [2.24, 2.45) is 4.99 Å².